The quantitative estimate of drug-likeness (QED) is 0.820. The van der Waals surface area contributed by atoms with Crippen molar-refractivity contribution in [3.05, 3.63) is 53.9 Å². The molecule has 1 amide bonds. The highest BCUT2D eigenvalue weighted by Gasteiger charge is 2.30. The summed E-state index contributed by atoms with van der Waals surface area (Å²) in [7, 11) is -3.23. The number of nitrogens with one attached hydrogen (secondary N) is 2. The number of hydrogen-bond acceptors (Lipinski definition) is 4. The van der Waals surface area contributed by atoms with Crippen LogP contribution in [0.25, 0.3) is 0 Å². The largest absolute Gasteiger partial charge is 0.347 e. The molecular formula is C17H21FN4O3S. The standard InChI is InChI=1S/C17H21FN4O3S/c1-26(24,25)22-10-6-13(7-11-22)17(23)21-15(16-19-8-9-20-16)12-2-4-14(18)5-3-12/h2-5,8-9,13,15H,6-7,10-11H2,1H3,(H,19,20)(H,21,23). The summed E-state index contributed by atoms with van der Waals surface area (Å²) in [5.41, 5.74) is 0.711. The topological polar surface area (TPSA) is 95.2 Å². The van der Waals surface area contributed by atoms with Gasteiger partial charge in [-0.1, -0.05) is 12.1 Å². The van der Waals surface area contributed by atoms with Crippen molar-refractivity contribution in [2.75, 3.05) is 19.3 Å². The van der Waals surface area contributed by atoms with Crippen LogP contribution in [0.3, 0.4) is 0 Å². The first-order valence-electron chi connectivity index (χ1n) is 8.35. The average Bonchev–Trinajstić information content (AvgIpc) is 3.14. The van der Waals surface area contributed by atoms with E-state index in [9.17, 15) is 17.6 Å². The number of rotatable bonds is 5. The van der Waals surface area contributed by atoms with Crippen LogP contribution in [0.2, 0.25) is 0 Å². The second-order valence-electron chi connectivity index (χ2n) is 6.40. The number of H-pyrrole nitrogens is 1. The second-order valence-corrected chi connectivity index (χ2v) is 8.39. The number of benzene rings is 1. The van der Waals surface area contributed by atoms with E-state index in [0.717, 1.165) is 0 Å². The number of nitrogens with zero attached hydrogens (tertiary/aromatic N) is 2. The maximum Gasteiger partial charge on any atom is 0.224 e. The minimum absolute atomic E-state index is 0.163. The number of aromatic nitrogens is 2. The van der Waals surface area contributed by atoms with Crippen molar-refractivity contribution in [3.63, 3.8) is 0 Å². The number of imidazole rings is 1. The molecule has 2 aromatic rings. The van der Waals surface area contributed by atoms with Crippen LogP contribution in [0.1, 0.15) is 30.3 Å². The fourth-order valence-electron chi connectivity index (χ4n) is 3.11. The van der Waals surface area contributed by atoms with E-state index in [1.165, 1.54) is 22.7 Å². The monoisotopic (exact) mass is 380 g/mol. The minimum Gasteiger partial charge on any atom is -0.347 e. The van der Waals surface area contributed by atoms with Gasteiger partial charge in [0.25, 0.3) is 0 Å². The van der Waals surface area contributed by atoms with Crippen molar-refractivity contribution < 1.29 is 17.6 Å². The summed E-state index contributed by atoms with van der Waals surface area (Å²) in [4.78, 5) is 19.9. The van der Waals surface area contributed by atoms with Crippen molar-refractivity contribution in [1.29, 1.82) is 0 Å². The van der Waals surface area contributed by atoms with E-state index in [0.29, 0.717) is 37.3 Å². The van der Waals surface area contributed by atoms with Gasteiger partial charge in [-0.15, -0.1) is 0 Å². The predicted molar refractivity (Wildman–Crippen MR) is 94.1 cm³/mol. The van der Waals surface area contributed by atoms with Gasteiger partial charge in [0.1, 0.15) is 17.7 Å². The van der Waals surface area contributed by atoms with Gasteiger partial charge in [0.05, 0.1) is 6.26 Å². The lowest BCUT2D eigenvalue weighted by molar-refractivity contribution is -0.126. The molecule has 0 spiro atoms. The zero-order valence-electron chi connectivity index (χ0n) is 14.4. The Morgan fingerprint density at radius 1 is 1.31 bits per heavy atom. The van der Waals surface area contributed by atoms with Crippen LogP contribution in [0.4, 0.5) is 4.39 Å². The SMILES string of the molecule is CS(=O)(=O)N1CCC(C(=O)NC(c2ccc(F)cc2)c2ncc[nH]2)CC1. The first kappa shape index (κ1) is 18.5. The van der Waals surface area contributed by atoms with Crippen molar-refractivity contribution in [3.8, 4) is 0 Å². The summed E-state index contributed by atoms with van der Waals surface area (Å²) in [6.45, 7) is 0.664. The summed E-state index contributed by atoms with van der Waals surface area (Å²) in [6, 6.07) is 5.36. The molecule has 0 bridgehead atoms. The van der Waals surface area contributed by atoms with Gasteiger partial charge in [-0.3, -0.25) is 4.79 Å². The Bertz CT molecular complexity index is 845. The van der Waals surface area contributed by atoms with Gasteiger partial charge in [-0.2, -0.15) is 0 Å². The molecule has 0 radical (unpaired) electrons. The van der Waals surface area contributed by atoms with Gasteiger partial charge in [-0.25, -0.2) is 22.1 Å². The Kier molecular flexibility index (Phi) is 5.38. The highest BCUT2D eigenvalue weighted by Crippen LogP contribution is 2.23. The Balaban J connectivity index is 1.71. The van der Waals surface area contributed by atoms with Gasteiger partial charge in [0.2, 0.25) is 15.9 Å². The minimum atomic E-state index is -3.23. The number of halogens is 1. The lowest BCUT2D eigenvalue weighted by Crippen LogP contribution is -2.43. The zero-order chi connectivity index (χ0) is 18.7. The molecule has 1 saturated heterocycles. The van der Waals surface area contributed by atoms with Crippen molar-refractivity contribution in [2.45, 2.75) is 18.9 Å². The summed E-state index contributed by atoms with van der Waals surface area (Å²) in [6.07, 6.45) is 5.35. The molecule has 1 fully saturated rings. The van der Waals surface area contributed by atoms with Gasteiger partial charge in [0, 0.05) is 31.4 Å². The van der Waals surface area contributed by atoms with Crippen LogP contribution in [-0.4, -0.2) is 47.9 Å². The van der Waals surface area contributed by atoms with E-state index in [1.54, 1.807) is 24.5 Å². The maximum absolute atomic E-state index is 13.2. The van der Waals surface area contributed by atoms with E-state index in [4.69, 9.17) is 0 Å². The Hall–Kier alpha value is -2.26. The lowest BCUT2D eigenvalue weighted by Gasteiger charge is -2.30. The third kappa shape index (κ3) is 4.28. The van der Waals surface area contributed by atoms with Gasteiger partial charge >= 0.3 is 0 Å². The summed E-state index contributed by atoms with van der Waals surface area (Å²) in [5.74, 6) is -0.236. The van der Waals surface area contributed by atoms with Crippen molar-refractivity contribution in [1.82, 2.24) is 19.6 Å². The Labute approximate surface area is 151 Å². The zero-order valence-corrected chi connectivity index (χ0v) is 15.2. The highest BCUT2D eigenvalue weighted by molar-refractivity contribution is 7.88. The number of sulfonamides is 1. The Morgan fingerprint density at radius 2 is 1.96 bits per heavy atom. The van der Waals surface area contributed by atoms with Crippen LogP contribution in [0.15, 0.2) is 36.7 Å². The molecular weight excluding hydrogens is 359 g/mol. The Morgan fingerprint density at radius 3 is 2.50 bits per heavy atom. The molecule has 1 atom stereocenters. The molecule has 1 unspecified atom stereocenters. The summed E-state index contributed by atoms with van der Waals surface area (Å²) < 4.78 is 37.8. The molecule has 7 nitrogen and oxygen atoms in total. The maximum atomic E-state index is 13.2. The van der Waals surface area contributed by atoms with Crippen LogP contribution >= 0.6 is 0 Å². The van der Waals surface area contributed by atoms with E-state index < -0.39 is 16.1 Å². The molecule has 1 aliphatic heterocycles. The van der Waals surface area contributed by atoms with Crippen LogP contribution < -0.4 is 5.32 Å². The molecule has 26 heavy (non-hydrogen) atoms. The number of carbonyl (C=O) groups is 1. The lowest BCUT2D eigenvalue weighted by atomic mass is 9.96. The fourth-order valence-corrected chi connectivity index (χ4v) is 3.98. The van der Waals surface area contributed by atoms with Gasteiger partial charge < -0.3 is 10.3 Å². The van der Waals surface area contributed by atoms with E-state index in [2.05, 4.69) is 15.3 Å². The number of hydrogen-bond donors (Lipinski definition) is 2. The van der Waals surface area contributed by atoms with Crippen LogP contribution in [0.5, 0.6) is 0 Å². The smallest absolute Gasteiger partial charge is 0.224 e. The summed E-state index contributed by atoms with van der Waals surface area (Å²) >= 11 is 0. The number of carbonyl (C=O) groups excluding carboxylic acids is 1. The molecule has 140 valence electrons. The summed E-state index contributed by atoms with van der Waals surface area (Å²) in [5, 5.41) is 2.96. The second kappa shape index (κ2) is 7.55. The van der Waals surface area contributed by atoms with Gasteiger partial charge in [-0.05, 0) is 30.5 Å². The number of amides is 1. The van der Waals surface area contributed by atoms with E-state index >= 15 is 0 Å². The highest BCUT2D eigenvalue weighted by atomic mass is 32.2. The van der Waals surface area contributed by atoms with E-state index in [-0.39, 0.29) is 17.6 Å². The molecule has 9 heteroatoms. The number of piperidine rings is 1. The van der Waals surface area contributed by atoms with Crippen LogP contribution in [-0.2, 0) is 14.8 Å². The molecule has 1 aromatic heterocycles. The average molecular weight is 380 g/mol. The molecule has 1 aliphatic rings. The third-order valence-electron chi connectivity index (χ3n) is 4.58. The fraction of sp³-hybridized carbons (Fsp3) is 0.412. The number of aromatic amines is 1. The van der Waals surface area contributed by atoms with Crippen molar-refractivity contribution in [2.24, 2.45) is 5.92 Å². The third-order valence-corrected chi connectivity index (χ3v) is 5.88. The van der Waals surface area contributed by atoms with Gasteiger partial charge in [0.15, 0.2) is 0 Å². The first-order chi connectivity index (χ1) is 12.3. The normalized spacial score (nSPS) is 17.8. The predicted octanol–water partition coefficient (Wildman–Crippen LogP) is 1.43. The van der Waals surface area contributed by atoms with Crippen molar-refractivity contribution >= 4 is 15.9 Å². The molecule has 1 aromatic carbocycles. The molecule has 3 rings (SSSR count). The molecule has 2 heterocycles. The van der Waals surface area contributed by atoms with Crippen LogP contribution in [0, 0.1) is 11.7 Å². The molecule has 2 N–H and O–H groups in total. The first-order valence-corrected chi connectivity index (χ1v) is 10.2. The molecule has 0 aliphatic carbocycles. The van der Waals surface area contributed by atoms with E-state index in [1.807, 2.05) is 0 Å². The molecule has 0 saturated carbocycles.